The molecule has 0 amide bonds. The molecule has 27 heavy (non-hydrogen) atoms. The molecule has 2 aromatic rings. The van der Waals surface area contributed by atoms with Gasteiger partial charge in [-0.15, -0.1) is 0 Å². The van der Waals surface area contributed by atoms with Gasteiger partial charge in [0.25, 0.3) is 0 Å². The first kappa shape index (κ1) is 17.6. The summed E-state index contributed by atoms with van der Waals surface area (Å²) in [5, 5.41) is 9.68. The van der Waals surface area contributed by atoms with Crippen molar-refractivity contribution in [1.82, 2.24) is 9.88 Å². The van der Waals surface area contributed by atoms with Crippen molar-refractivity contribution in [3.63, 3.8) is 0 Å². The van der Waals surface area contributed by atoms with Gasteiger partial charge < -0.3 is 19.3 Å². The highest BCUT2D eigenvalue weighted by molar-refractivity contribution is 5.72. The van der Waals surface area contributed by atoms with E-state index in [9.17, 15) is 9.90 Å². The van der Waals surface area contributed by atoms with E-state index in [-0.39, 0.29) is 5.92 Å². The number of fused-ring (bicyclic) bond motifs is 1. The maximum atomic E-state index is 11.8. The molecule has 142 valence electrons. The Bertz CT molecular complexity index is 827. The summed E-state index contributed by atoms with van der Waals surface area (Å²) in [6, 6.07) is 7.57. The molecule has 0 aliphatic carbocycles. The maximum absolute atomic E-state index is 11.8. The largest absolute Gasteiger partial charge is 0.496 e. The fourth-order valence-corrected chi connectivity index (χ4v) is 3.86. The second-order valence-electron chi connectivity index (χ2n) is 6.84. The fraction of sp³-hybridized carbons (Fsp3) is 0.400. The van der Waals surface area contributed by atoms with E-state index in [0.717, 1.165) is 16.9 Å². The van der Waals surface area contributed by atoms with Gasteiger partial charge in [-0.25, -0.2) is 0 Å². The smallest absolute Gasteiger partial charge is 0.308 e. The number of methoxy groups -OCH3 is 1. The number of hydrogen-bond acceptors (Lipinski definition) is 6. The number of nitrogens with zero attached hydrogens (tertiary/aromatic N) is 2. The number of carboxylic acids is 1. The molecule has 0 unspecified atom stereocenters. The summed E-state index contributed by atoms with van der Waals surface area (Å²) in [4.78, 5) is 18.1. The van der Waals surface area contributed by atoms with Gasteiger partial charge in [0.15, 0.2) is 11.5 Å². The van der Waals surface area contributed by atoms with Crippen molar-refractivity contribution in [2.45, 2.75) is 12.5 Å². The zero-order valence-electron chi connectivity index (χ0n) is 15.1. The lowest BCUT2D eigenvalue weighted by Gasteiger charge is -2.23. The molecular weight excluding hydrogens is 348 g/mol. The van der Waals surface area contributed by atoms with E-state index in [1.165, 1.54) is 0 Å². The van der Waals surface area contributed by atoms with Crippen LogP contribution in [0.1, 0.15) is 17.0 Å². The summed E-state index contributed by atoms with van der Waals surface area (Å²) in [5.41, 5.74) is 1.92. The summed E-state index contributed by atoms with van der Waals surface area (Å²) in [6.45, 7) is 2.76. The maximum Gasteiger partial charge on any atom is 0.308 e. The number of rotatable bonds is 5. The molecule has 0 saturated carbocycles. The Balaban J connectivity index is 1.57. The molecule has 2 aliphatic rings. The lowest BCUT2D eigenvalue weighted by Crippen LogP contribution is -2.23. The number of carboxylic acid groups (broad SMARTS) is 1. The van der Waals surface area contributed by atoms with E-state index in [1.54, 1.807) is 19.5 Å². The third-order valence-electron chi connectivity index (χ3n) is 5.16. The van der Waals surface area contributed by atoms with Crippen LogP contribution in [0.25, 0.3) is 0 Å². The summed E-state index contributed by atoms with van der Waals surface area (Å²) >= 11 is 0. The number of likely N-dealkylation sites (tertiary alicyclic amines) is 1. The lowest BCUT2D eigenvalue weighted by molar-refractivity contribution is -0.141. The van der Waals surface area contributed by atoms with Gasteiger partial charge in [0.2, 0.25) is 0 Å². The molecule has 4 rings (SSSR count). The minimum atomic E-state index is -0.777. The Labute approximate surface area is 157 Å². The van der Waals surface area contributed by atoms with Crippen molar-refractivity contribution in [3.05, 3.63) is 47.8 Å². The van der Waals surface area contributed by atoms with E-state index in [0.29, 0.717) is 44.3 Å². The first-order chi connectivity index (χ1) is 13.2. The van der Waals surface area contributed by atoms with Crippen molar-refractivity contribution < 1.29 is 24.1 Å². The van der Waals surface area contributed by atoms with E-state index in [2.05, 4.69) is 9.88 Å². The predicted molar refractivity (Wildman–Crippen MR) is 97.4 cm³/mol. The number of hydrogen-bond donors (Lipinski definition) is 1. The van der Waals surface area contributed by atoms with Gasteiger partial charge in [0, 0.05) is 49.6 Å². The standard InChI is InChI=1S/C20H22N2O5/c1-25-17-8-19-18(26-5-6-27-19)7-14(17)10-22-11-15(16(12-22)20(23)24)13-3-2-4-21-9-13/h2-4,7-9,15-16H,5-6,10-12H2,1H3,(H,23,24)/t15-,16+/m0/s1. The number of benzene rings is 1. The molecule has 7 nitrogen and oxygen atoms in total. The van der Waals surface area contributed by atoms with Crippen LogP contribution in [0.2, 0.25) is 0 Å². The fourth-order valence-electron chi connectivity index (χ4n) is 3.86. The van der Waals surface area contributed by atoms with Crippen LogP contribution in [0.15, 0.2) is 36.7 Å². The predicted octanol–water partition coefficient (Wildman–Crippen LogP) is 2.16. The van der Waals surface area contributed by atoms with E-state index < -0.39 is 11.9 Å². The topological polar surface area (TPSA) is 81.1 Å². The quantitative estimate of drug-likeness (QED) is 0.864. The van der Waals surface area contributed by atoms with Crippen LogP contribution in [0, 0.1) is 5.92 Å². The Morgan fingerprint density at radius 2 is 2.07 bits per heavy atom. The summed E-state index contributed by atoms with van der Waals surface area (Å²) < 4.78 is 16.8. The van der Waals surface area contributed by atoms with Crippen molar-refractivity contribution in [3.8, 4) is 17.2 Å². The van der Waals surface area contributed by atoms with Crippen LogP contribution in [-0.4, -0.2) is 54.4 Å². The third-order valence-corrected chi connectivity index (χ3v) is 5.16. The highest BCUT2D eigenvalue weighted by Crippen LogP contribution is 2.39. The number of carbonyl (C=O) groups is 1. The zero-order valence-corrected chi connectivity index (χ0v) is 15.1. The molecule has 0 bridgehead atoms. The van der Waals surface area contributed by atoms with Crippen molar-refractivity contribution in [2.24, 2.45) is 5.92 Å². The van der Waals surface area contributed by atoms with Crippen LogP contribution in [0.5, 0.6) is 17.2 Å². The van der Waals surface area contributed by atoms with Gasteiger partial charge in [-0.05, 0) is 17.7 Å². The highest BCUT2D eigenvalue weighted by atomic mass is 16.6. The molecule has 1 fully saturated rings. The first-order valence-electron chi connectivity index (χ1n) is 8.97. The van der Waals surface area contributed by atoms with Gasteiger partial charge in [-0.3, -0.25) is 14.7 Å². The molecule has 1 aromatic heterocycles. The Hall–Kier alpha value is -2.80. The van der Waals surface area contributed by atoms with Crippen LogP contribution in [0.4, 0.5) is 0 Å². The van der Waals surface area contributed by atoms with Crippen LogP contribution in [0.3, 0.4) is 0 Å². The van der Waals surface area contributed by atoms with Gasteiger partial charge >= 0.3 is 5.97 Å². The molecule has 3 heterocycles. The van der Waals surface area contributed by atoms with Crippen LogP contribution >= 0.6 is 0 Å². The van der Waals surface area contributed by atoms with Gasteiger partial charge in [0.05, 0.1) is 13.0 Å². The Morgan fingerprint density at radius 1 is 1.30 bits per heavy atom. The normalized spacial score (nSPS) is 21.8. The van der Waals surface area contributed by atoms with Crippen LogP contribution < -0.4 is 14.2 Å². The number of aromatic nitrogens is 1. The molecule has 1 N–H and O–H groups in total. The zero-order chi connectivity index (χ0) is 18.8. The van der Waals surface area contributed by atoms with E-state index in [4.69, 9.17) is 14.2 Å². The second kappa shape index (κ2) is 7.44. The molecule has 1 aromatic carbocycles. The summed E-state index contributed by atoms with van der Waals surface area (Å²) in [6.07, 6.45) is 3.46. The SMILES string of the molecule is COc1cc2c(cc1CN1C[C@@H](C(=O)O)[C@H](c3cccnc3)C1)OCCO2. The average Bonchev–Trinajstić information content (AvgIpc) is 3.12. The molecule has 2 atom stereocenters. The first-order valence-corrected chi connectivity index (χ1v) is 8.97. The van der Waals surface area contributed by atoms with Gasteiger partial charge in [-0.1, -0.05) is 6.07 Å². The van der Waals surface area contributed by atoms with E-state index >= 15 is 0 Å². The van der Waals surface area contributed by atoms with Crippen molar-refractivity contribution >= 4 is 5.97 Å². The number of ether oxygens (including phenoxy) is 3. The third kappa shape index (κ3) is 3.55. The second-order valence-corrected chi connectivity index (χ2v) is 6.84. The number of aliphatic carboxylic acids is 1. The van der Waals surface area contributed by atoms with Crippen LogP contribution in [-0.2, 0) is 11.3 Å². The minimum absolute atomic E-state index is 0.0839. The lowest BCUT2D eigenvalue weighted by atomic mass is 9.90. The molecule has 1 saturated heterocycles. The summed E-state index contributed by atoms with van der Waals surface area (Å²) in [5.74, 6) is 0.781. The summed E-state index contributed by atoms with van der Waals surface area (Å²) in [7, 11) is 1.62. The highest BCUT2D eigenvalue weighted by Gasteiger charge is 2.38. The molecule has 2 aliphatic heterocycles. The van der Waals surface area contributed by atoms with E-state index in [1.807, 2.05) is 24.3 Å². The molecule has 0 spiro atoms. The Morgan fingerprint density at radius 3 is 2.74 bits per heavy atom. The van der Waals surface area contributed by atoms with Gasteiger partial charge in [0.1, 0.15) is 19.0 Å². The van der Waals surface area contributed by atoms with Crippen molar-refractivity contribution in [1.29, 1.82) is 0 Å². The average molecular weight is 370 g/mol. The molecular formula is C20H22N2O5. The monoisotopic (exact) mass is 370 g/mol. The minimum Gasteiger partial charge on any atom is -0.496 e. The molecule has 7 heteroatoms. The molecule has 0 radical (unpaired) electrons. The van der Waals surface area contributed by atoms with Gasteiger partial charge in [-0.2, -0.15) is 0 Å². The number of pyridine rings is 1. The Kier molecular flexibility index (Phi) is 4.85. The van der Waals surface area contributed by atoms with Crippen molar-refractivity contribution in [2.75, 3.05) is 33.4 Å².